The van der Waals surface area contributed by atoms with E-state index in [0.29, 0.717) is 32.0 Å². The lowest BCUT2D eigenvalue weighted by Gasteiger charge is -2.33. The van der Waals surface area contributed by atoms with Gasteiger partial charge in [0.25, 0.3) is 0 Å². The molecular weight excluding hydrogens is 442 g/mol. The van der Waals surface area contributed by atoms with Crippen LogP contribution in [0.25, 0.3) is 0 Å². The van der Waals surface area contributed by atoms with Crippen molar-refractivity contribution in [2.45, 2.75) is 58.0 Å². The third-order valence-corrected chi connectivity index (χ3v) is 6.94. The zero-order valence-corrected chi connectivity index (χ0v) is 20.4. The average molecular weight is 478 g/mol. The van der Waals surface area contributed by atoms with Crippen LogP contribution < -0.4 is 15.4 Å². The zero-order chi connectivity index (χ0) is 24.6. The van der Waals surface area contributed by atoms with Crippen LogP contribution in [-0.4, -0.2) is 48.4 Å². The van der Waals surface area contributed by atoms with E-state index in [-0.39, 0.29) is 30.6 Å². The second-order valence-electron chi connectivity index (χ2n) is 9.60. The minimum absolute atomic E-state index is 0.000813. The molecule has 2 unspecified atom stereocenters. The molecule has 0 saturated carbocycles. The first-order chi connectivity index (χ1) is 17.0. The second kappa shape index (κ2) is 11.9. The molecule has 0 aromatic heterocycles. The summed E-state index contributed by atoms with van der Waals surface area (Å²) in [5.41, 5.74) is 3.01. The van der Waals surface area contributed by atoms with Crippen molar-refractivity contribution in [1.29, 1.82) is 0 Å². The fourth-order valence-corrected chi connectivity index (χ4v) is 4.81. The van der Waals surface area contributed by atoms with Gasteiger partial charge in [-0.3, -0.25) is 14.4 Å². The van der Waals surface area contributed by atoms with E-state index < -0.39 is 6.04 Å². The van der Waals surface area contributed by atoms with Gasteiger partial charge in [0.15, 0.2) is 0 Å². The van der Waals surface area contributed by atoms with Gasteiger partial charge in [-0.1, -0.05) is 36.4 Å². The Labute approximate surface area is 207 Å². The maximum absolute atomic E-state index is 13.1. The molecule has 4 rings (SSSR count). The molecule has 2 aromatic rings. The molecule has 2 heterocycles. The fourth-order valence-electron chi connectivity index (χ4n) is 4.81. The number of piperidine rings is 1. The maximum Gasteiger partial charge on any atom is 0.243 e. The molecule has 0 radical (unpaired) electrons. The molecule has 4 bridgehead atoms. The van der Waals surface area contributed by atoms with Gasteiger partial charge in [0.2, 0.25) is 17.7 Å². The van der Waals surface area contributed by atoms with Crippen molar-refractivity contribution in [1.82, 2.24) is 15.5 Å². The molecule has 2 aromatic carbocycles. The Kier molecular flexibility index (Phi) is 8.40. The largest absolute Gasteiger partial charge is 0.494 e. The zero-order valence-electron chi connectivity index (χ0n) is 20.4. The standard InChI is InChI=1S/C28H35N3O4/c1-20-9-10-24-17-23(20)18-29-28(34)25(16-21-6-3-2-4-7-21)30-26(32)11-12-27(33)31-14-5-8-22(19-31)13-15-35-24/h2-4,6-7,9-10,17,22,25H,5,8,11-16,18-19H2,1H3,(H,29,34)(H,30,32). The summed E-state index contributed by atoms with van der Waals surface area (Å²) in [6.07, 6.45) is 3.53. The van der Waals surface area contributed by atoms with Gasteiger partial charge in [0, 0.05) is 38.9 Å². The predicted molar refractivity (Wildman–Crippen MR) is 134 cm³/mol. The normalized spacial score (nSPS) is 22.3. The van der Waals surface area contributed by atoms with E-state index in [0.717, 1.165) is 48.2 Å². The van der Waals surface area contributed by atoms with Crippen LogP contribution in [0.15, 0.2) is 48.5 Å². The Morgan fingerprint density at radius 2 is 1.86 bits per heavy atom. The highest BCUT2D eigenvalue weighted by Crippen LogP contribution is 2.23. The summed E-state index contributed by atoms with van der Waals surface area (Å²) >= 11 is 0. The smallest absolute Gasteiger partial charge is 0.243 e. The quantitative estimate of drug-likeness (QED) is 0.696. The van der Waals surface area contributed by atoms with Crippen molar-refractivity contribution in [3.05, 3.63) is 65.2 Å². The SMILES string of the molecule is Cc1ccc2cc1CNC(=O)C(Cc1ccccc1)NC(=O)CCC(=O)N1CCCC(CCO2)C1. The first kappa shape index (κ1) is 24.8. The number of hydrogen-bond acceptors (Lipinski definition) is 4. The molecule has 186 valence electrons. The summed E-state index contributed by atoms with van der Waals surface area (Å²) in [4.78, 5) is 40.6. The van der Waals surface area contributed by atoms with Gasteiger partial charge >= 0.3 is 0 Å². The first-order valence-corrected chi connectivity index (χ1v) is 12.6. The highest BCUT2D eigenvalue weighted by Gasteiger charge is 2.26. The Morgan fingerprint density at radius 1 is 1.03 bits per heavy atom. The minimum atomic E-state index is -0.724. The number of fused-ring (bicyclic) bond motifs is 4. The van der Waals surface area contributed by atoms with Crippen molar-refractivity contribution in [2.24, 2.45) is 5.92 Å². The predicted octanol–water partition coefficient (Wildman–Crippen LogP) is 3.14. The van der Waals surface area contributed by atoms with E-state index in [1.165, 1.54) is 0 Å². The average Bonchev–Trinajstić information content (AvgIpc) is 2.87. The van der Waals surface area contributed by atoms with Gasteiger partial charge in [-0.2, -0.15) is 0 Å². The molecule has 2 aliphatic heterocycles. The first-order valence-electron chi connectivity index (χ1n) is 12.6. The van der Waals surface area contributed by atoms with Crippen LogP contribution in [-0.2, 0) is 27.3 Å². The third-order valence-electron chi connectivity index (χ3n) is 6.94. The molecule has 7 heteroatoms. The molecule has 2 aliphatic rings. The maximum atomic E-state index is 13.1. The number of benzene rings is 2. The lowest BCUT2D eigenvalue weighted by molar-refractivity contribution is -0.135. The highest BCUT2D eigenvalue weighted by atomic mass is 16.5. The molecule has 35 heavy (non-hydrogen) atoms. The topological polar surface area (TPSA) is 87.7 Å². The summed E-state index contributed by atoms with van der Waals surface area (Å²) < 4.78 is 6.03. The van der Waals surface area contributed by atoms with Gasteiger partial charge in [0.1, 0.15) is 11.8 Å². The molecule has 2 atom stereocenters. The number of carbonyl (C=O) groups excluding carboxylic acids is 3. The van der Waals surface area contributed by atoms with Crippen LogP contribution in [0.4, 0.5) is 0 Å². The monoisotopic (exact) mass is 477 g/mol. The number of rotatable bonds is 2. The summed E-state index contributed by atoms with van der Waals surface area (Å²) in [6.45, 7) is 4.39. The van der Waals surface area contributed by atoms with Gasteiger partial charge in [-0.15, -0.1) is 0 Å². The van der Waals surface area contributed by atoms with Crippen molar-refractivity contribution in [2.75, 3.05) is 19.7 Å². The molecule has 3 amide bonds. The number of ether oxygens (including phenoxy) is 1. The number of nitrogens with zero attached hydrogens (tertiary/aromatic N) is 1. The minimum Gasteiger partial charge on any atom is -0.494 e. The Bertz CT molecular complexity index is 1040. The summed E-state index contributed by atoms with van der Waals surface area (Å²) in [5, 5.41) is 5.85. The van der Waals surface area contributed by atoms with Crippen LogP contribution in [0.2, 0.25) is 0 Å². The van der Waals surface area contributed by atoms with Crippen molar-refractivity contribution in [3.63, 3.8) is 0 Å². The van der Waals surface area contributed by atoms with Crippen LogP contribution in [0.5, 0.6) is 5.75 Å². The van der Waals surface area contributed by atoms with E-state index in [4.69, 9.17) is 4.74 Å². The van der Waals surface area contributed by atoms with Crippen LogP contribution in [0.1, 0.15) is 48.8 Å². The molecule has 0 spiro atoms. The summed E-state index contributed by atoms with van der Waals surface area (Å²) in [7, 11) is 0. The highest BCUT2D eigenvalue weighted by molar-refractivity contribution is 5.89. The molecule has 1 fully saturated rings. The molecular formula is C28H35N3O4. The van der Waals surface area contributed by atoms with Gasteiger partial charge < -0.3 is 20.3 Å². The Hall–Kier alpha value is -3.35. The summed E-state index contributed by atoms with van der Waals surface area (Å²) in [6, 6.07) is 14.8. The summed E-state index contributed by atoms with van der Waals surface area (Å²) in [5.74, 6) is 0.646. The van der Waals surface area contributed by atoms with E-state index in [1.54, 1.807) is 0 Å². The number of carbonyl (C=O) groups is 3. The number of nitrogens with one attached hydrogen (secondary N) is 2. The van der Waals surface area contributed by atoms with Crippen LogP contribution >= 0.6 is 0 Å². The number of hydrogen-bond donors (Lipinski definition) is 2. The lowest BCUT2D eigenvalue weighted by Crippen LogP contribution is -2.48. The second-order valence-corrected chi connectivity index (χ2v) is 9.60. The van der Waals surface area contributed by atoms with Crippen molar-refractivity contribution in [3.8, 4) is 5.75 Å². The Morgan fingerprint density at radius 3 is 2.69 bits per heavy atom. The third kappa shape index (κ3) is 7.07. The van der Waals surface area contributed by atoms with Gasteiger partial charge in [0.05, 0.1) is 6.61 Å². The molecule has 0 aliphatic carbocycles. The van der Waals surface area contributed by atoms with Crippen LogP contribution in [0, 0.1) is 12.8 Å². The fraction of sp³-hybridized carbons (Fsp3) is 0.464. The van der Waals surface area contributed by atoms with Crippen molar-refractivity contribution < 1.29 is 19.1 Å². The van der Waals surface area contributed by atoms with Gasteiger partial charge in [-0.05, 0) is 60.9 Å². The molecule has 7 nitrogen and oxygen atoms in total. The van der Waals surface area contributed by atoms with E-state index in [1.807, 2.05) is 60.4 Å². The number of aryl methyl sites for hydroxylation is 1. The number of amides is 3. The Balaban J connectivity index is 1.53. The van der Waals surface area contributed by atoms with Crippen molar-refractivity contribution >= 4 is 17.7 Å². The van der Waals surface area contributed by atoms with Gasteiger partial charge in [-0.25, -0.2) is 0 Å². The van der Waals surface area contributed by atoms with E-state index in [9.17, 15) is 14.4 Å². The lowest BCUT2D eigenvalue weighted by atomic mass is 9.95. The molecule has 2 N–H and O–H groups in total. The van der Waals surface area contributed by atoms with E-state index >= 15 is 0 Å². The molecule has 1 saturated heterocycles. The van der Waals surface area contributed by atoms with E-state index in [2.05, 4.69) is 10.6 Å². The van der Waals surface area contributed by atoms with Crippen LogP contribution in [0.3, 0.4) is 0 Å².